The first-order chi connectivity index (χ1) is 13.9. The Hall–Kier alpha value is -1.81. The molecule has 3 aliphatic carbocycles. The van der Waals surface area contributed by atoms with E-state index in [-0.39, 0.29) is 28.0 Å². The van der Waals surface area contributed by atoms with Gasteiger partial charge in [-0.05, 0) is 38.5 Å². The van der Waals surface area contributed by atoms with E-state index in [1.54, 1.807) is 0 Å². The predicted molar refractivity (Wildman–Crippen MR) is 105 cm³/mol. The highest BCUT2D eigenvalue weighted by Gasteiger charge is 2.45. The first kappa shape index (κ1) is 21.9. The van der Waals surface area contributed by atoms with Crippen molar-refractivity contribution in [2.24, 2.45) is 5.92 Å². The van der Waals surface area contributed by atoms with Crippen molar-refractivity contribution in [3.8, 4) is 0 Å². The summed E-state index contributed by atoms with van der Waals surface area (Å²) in [4.78, 5) is 34.4. The molecule has 0 saturated heterocycles. The second-order valence-electron chi connectivity index (χ2n) is 8.83. The maximum atomic E-state index is 11.9. The highest BCUT2D eigenvalue weighted by molar-refractivity contribution is 5.71. The fourth-order valence-electron chi connectivity index (χ4n) is 5.53. The van der Waals surface area contributed by atoms with Gasteiger partial charge in [-0.1, -0.05) is 19.3 Å². The van der Waals surface area contributed by atoms with Gasteiger partial charge >= 0.3 is 5.97 Å². The van der Waals surface area contributed by atoms with E-state index < -0.39 is 30.0 Å². The molecule has 7 atom stereocenters. The molecule has 0 spiro atoms. The molecule has 3 saturated carbocycles. The van der Waals surface area contributed by atoms with Crippen LogP contribution in [0.5, 0.6) is 0 Å². The van der Waals surface area contributed by atoms with Crippen molar-refractivity contribution >= 4 is 5.97 Å². The van der Waals surface area contributed by atoms with Crippen molar-refractivity contribution in [3.63, 3.8) is 0 Å². The van der Waals surface area contributed by atoms with Gasteiger partial charge in [0, 0.05) is 34.8 Å². The van der Waals surface area contributed by atoms with Gasteiger partial charge in [0.15, 0.2) is 0 Å². The van der Waals surface area contributed by atoms with E-state index in [9.17, 15) is 30.1 Å². The van der Waals surface area contributed by atoms with Gasteiger partial charge in [0.1, 0.15) is 0 Å². The van der Waals surface area contributed by atoms with E-state index in [0.717, 1.165) is 38.5 Å². The number of hydrogen-bond acceptors (Lipinski definition) is 7. The van der Waals surface area contributed by atoms with Gasteiger partial charge in [0.25, 0.3) is 0 Å². The Morgan fingerprint density at radius 2 is 1.21 bits per heavy atom. The summed E-state index contributed by atoms with van der Waals surface area (Å²) >= 11 is 0. The van der Waals surface area contributed by atoms with Crippen molar-refractivity contribution in [2.75, 3.05) is 0 Å². The minimum atomic E-state index is -0.906. The van der Waals surface area contributed by atoms with Crippen LogP contribution in [0, 0.1) is 26.1 Å². The van der Waals surface area contributed by atoms with Crippen LogP contribution in [0.3, 0.4) is 0 Å². The number of aliphatic carboxylic acids is 1. The zero-order valence-electron chi connectivity index (χ0n) is 16.7. The van der Waals surface area contributed by atoms with E-state index in [1.807, 2.05) is 0 Å². The van der Waals surface area contributed by atoms with Gasteiger partial charge in [-0.2, -0.15) is 0 Å². The lowest BCUT2D eigenvalue weighted by molar-refractivity contribution is -0.531. The maximum absolute atomic E-state index is 11.9. The van der Waals surface area contributed by atoms with Crippen LogP contribution in [0.25, 0.3) is 0 Å². The van der Waals surface area contributed by atoms with Gasteiger partial charge in [0.05, 0.1) is 18.0 Å². The SMILES string of the molecule is O=C(O)C1CCCC(NC2CCCCC2[N+](=O)[O-])C1NC1CCCCC1[N+](=O)[O-]. The molecule has 0 heterocycles. The Labute approximate surface area is 170 Å². The molecule has 0 aromatic rings. The summed E-state index contributed by atoms with van der Waals surface area (Å²) < 4.78 is 0. The first-order valence-electron chi connectivity index (χ1n) is 10.9. The average Bonchev–Trinajstić information content (AvgIpc) is 2.69. The summed E-state index contributed by atoms with van der Waals surface area (Å²) in [7, 11) is 0. The summed E-state index contributed by atoms with van der Waals surface area (Å²) in [6.07, 6.45) is 7.80. The van der Waals surface area contributed by atoms with Crippen molar-refractivity contribution in [3.05, 3.63) is 20.2 Å². The molecule has 0 bridgehead atoms. The zero-order chi connectivity index (χ0) is 21.0. The van der Waals surface area contributed by atoms with E-state index in [1.165, 1.54) is 0 Å². The third-order valence-corrected chi connectivity index (χ3v) is 7.05. The van der Waals surface area contributed by atoms with Crippen LogP contribution < -0.4 is 10.6 Å². The molecule has 0 aromatic heterocycles. The molecule has 3 rings (SSSR count). The van der Waals surface area contributed by atoms with E-state index in [0.29, 0.717) is 32.1 Å². The number of carbonyl (C=O) groups is 1. The lowest BCUT2D eigenvalue weighted by atomic mass is 9.78. The third kappa shape index (κ3) is 5.22. The summed E-state index contributed by atoms with van der Waals surface area (Å²) in [6, 6.07) is -2.69. The molecule has 0 aromatic carbocycles. The topological polar surface area (TPSA) is 148 Å². The molecule has 29 heavy (non-hydrogen) atoms. The van der Waals surface area contributed by atoms with E-state index in [4.69, 9.17) is 0 Å². The highest BCUT2D eigenvalue weighted by atomic mass is 16.6. The molecule has 10 heteroatoms. The van der Waals surface area contributed by atoms with Gasteiger partial charge in [-0.15, -0.1) is 0 Å². The molecule has 7 unspecified atom stereocenters. The van der Waals surface area contributed by atoms with Crippen LogP contribution in [-0.2, 0) is 4.79 Å². The van der Waals surface area contributed by atoms with Gasteiger partial charge in [-0.25, -0.2) is 0 Å². The number of carboxylic acid groups (broad SMARTS) is 1. The Morgan fingerprint density at radius 3 is 1.72 bits per heavy atom. The monoisotopic (exact) mass is 412 g/mol. The van der Waals surface area contributed by atoms with Crippen LogP contribution in [0.2, 0.25) is 0 Å². The maximum Gasteiger partial charge on any atom is 0.308 e. The smallest absolute Gasteiger partial charge is 0.308 e. The second-order valence-corrected chi connectivity index (χ2v) is 8.83. The van der Waals surface area contributed by atoms with Crippen molar-refractivity contribution in [1.29, 1.82) is 0 Å². The molecule has 3 N–H and O–H groups in total. The number of rotatable bonds is 7. The second kappa shape index (κ2) is 9.80. The minimum Gasteiger partial charge on any atom is -0.481 e. The molecule has 3 aliphatic rings. The van der Waals surface area contributed by atoms with Crippen molar-refractivity contribution in [1.82, 2.24) is 10.6 Å². The Balaban J connectivity index is 1.77. The number of nitrogens with one attached hydrogen (secondary N) is 2. The highest BCUT2D eigenvalue weighted by Crippen LogP contribution is 2.30. The molecule has 0 radical (unpaired) electrons. The standard InChI is InChI=1S/C19H32N4O6/c24-19(25)12-6-5-9-15(20-13-7-1-3-10-16(13)22(26)27)18(12)21-14-8-2-4-11-17(14)23(28)29/h12-18,20-21H,1-11H2,(H,24,25). The summed E-state index contributed by atoms with van der Waals surface area (Å²) in [5.74, 6) is -1.55. The summed E-state index contributed by atoms with van der Waals surface area (Å²) in [6.45, 7) is 0. The molecular weight excluding hydrogens is 380 g/mol. The van der Waals surface area contributed by atoms with Crippen LogP contribution >= 0.6 is 0 Å². The number of carboxylic acids is 1. The number of hydrogen-bond donors (Lipinski definition) is 3. The largest absolute Gasteiger partial charge is 0.481 e. The molecule has 3 fully saturated rings. The molecular formula is C19H32N4O6. The zero-order valence-corrected chi connectivity index (χ0v) is 16.7. The van der Waals surface area contributed by atoms with E-state index in [2.05, 4.69) is 10.6 Å². The third-order valence-electron chi connectivity index (χ3n) is 7.05. The average molecular weight is 412 g/mol. The lowest BCUT2D eigenvalue weighted by Gasteiger charge is -2.42. The molecule has 164 valence electrons. The quantitative estimate of drug-likeness (QED) is 0.424. The van der Waals surface area contributed by atoms with Gasteiger partial charge in [-0.3, -0.25) is 25.0 Å². The summed E-state index contributed by atoms with van der Waals surface area (Å²) in [5, 5.41) is 39.5. The Kier molecular flexibility index (Phi) is 7.39. The Bertz CT molecular complexity index is 618. The fourth-order valence-corrected chi connectivity index (χ4v) is 5.53. The van der Waals surface area contributed by atoms with Crippen LogP contribution in [0.4, 0.5) is 0 Å². The van der Waals surface area contributed by atoms with E-state index >= 15 is 0 Å². The van der Waals surface area contributed by atoms with Crippen LogP contribution in [0.15, 0.2) is 0 Å². The predicted octanol–water partition coefficient (Wildman–Crippen LogP) is 1.96. The number of nitrogens with zero attached hydrogens (tertiary/aromatic N) is 2. The lowest BCUT2D eigenvalue weighted by Crippen LogP contribution is -2.64. The molecule has 0 amide bonds. The van der Waals surface area contributed by atoms with Crippen molar-refractivity contribution < 1.29 is 19.7 Å². The molecule has 0 aliphatic heterocycles. The van der Waals surface area contributed by atoms with Crippen molar-refractivity contribution in [2.45, 2.75) is 107 Å². The van der Waals surface area contributed by atoms with Gasteiger partial charge in [0.2, 0.25) is 12.1 Å². The minimum absolute atomic E-state index is 0.222. The van der Waals surface area contributed by atoms with Crippen LogP contribution in [-0.4, -0.2) is 57.2 Å². The summed E-state index contributed by atoms with van der Waals surface area (Å²) in [5.41, 5.74) is 0. The van der Waals surface area contributed by atoms with Crippen LogP contribution in [0.1, 0.15) is 70.6 Å². The normalized spacial score (nSPS) is 38.3. The Morgan fingerprint density at radius 1 is 0.724 bits per heavy atom. The van der Waals surface area contributed by atoms with Gasteiger partial charge < -0.3 is 15.7 Å². The fraction of sp³-hybridized carbons (Fsp3) is 0.947. The number of nitro groups is 2. The molecule has 10 nitrogen and oxygen atoms in total. The first-order valence-corrected chi connectivity index (χ1v) is 10.9.